The Hall–Kier alpha value is -1.70. The molecule has 1 aliphatic rings. The Kier molecular flexibility index (Phi) is 2.50. The average Bonchev–Trinajstić information content (AvgIpc) is 2.99. The van der Waals surface area contributed by atoms with Crippen LogP contribution in [0.25, 0.3) is 0 Å². The van der Waals surface area contributed by atoms with Crippen LogP contribution in [0.5, 0.6) is 5.75 Å². The summed E-state index contributed by atoms with van der Waals surface area (Å²) in [5.74, 6) is -0.242. The van der Waals surface area contributed by atoms with Gasteiger partial charge in [0.2, 0.25) is 0 Å². The molecule has 0 aromatic heterocycles. The standard InChI is InChI=1S/C11H8F3NO/c12-11(13,14)10-7(6-15)2-1-3-9(10)16-8-4-5-8/h1-3,8H,4-5H2. The molecular weight excluding hydrogens is 219 g/mol. The van der Waals surface area contributed by atoms with Gasteiger partial charge in [-0.05, 0) is 25.0 Å². The number of halogens is 3. The van der Waals surface area contributed by atoms with E-state index in [0.29, 0.717) is 0 Å². The number of nitrogens with zero attached hydrogens (tertiary/aromatic N) is 1. The molecule has 1 saturated carbocycles. The number of nitriles is 1. The highest BCUT2D eigenvalue weighted by Gasteiger charge is 2.38. The van der Waals surface area contributed by atoms with Crippen LogP contribution in [0.3, 0.4) is 0 Å². The predicted octanol–water partition coefficient (Wildman–Crippen LogP) is 3.12. The highest BCUT2D eigenvalue weighted by molar-refractivity contribution is 5.48. The Balaban J connectivity index is 2.46. The maximum atomic E-state index is 12.7. The summed E-state index contributed by atoms with van der Waals surface area (Å²) in [6, 6.07) is 5.32. The molecule has 0 bridgehead atoms. The van der Waals surface area contributed by atoms with Crippen LogP contribution in [0, 0.1) is 11.3 Å². The van der Waals surface area contributed by atoms with E-state index >= 15 is 0 Å². The van der Waals surface area contributed by atoms with Crippen molar-refractivity contribution >= 4 is 0 Å². The number of benzene rings is 1. The van der Waals surface area contributed by atoms with E-state index in [9.17, 15) is 13.2 Å². The second-order valence-corrected chi connectivity index (χ2v) is 3.61. The topological polar surface area (TPSA) is 33.0 Å². The molecule has 0 unspecified atom stereocenters. The Morgan fingerprint density at radius 2 is 2.00 bits per heavy atom. The van der Waals surface area contributed by atoms with Crippen molar-refractivity contribution in [1.82, 2.24) is 0 Å². The summed E-state index contributed by atoms with van der Waals surface area (Å²) < 4.78 is 43.4. The zero-order chi connectivity index (χ0) is 11.8. The summed E-state index contributed by atoms with van der Waals surface area (Å²) in [5, 5.41) is 8.65. The van der Waals surface area contributed by atoms with Crippen molar-refractivity contribution < 1.29 is 17.9 Å². The minimum Gasteiger partial charge on any atom is -0.490 e. The van der Waals surface area contributed by atoms with Gasteiger partial charge in [0.25, 0.3) is 0 Å². The quantitative estimate of drug-likeness (QED) is 0.777. The molecule has 84 valence electrons. The highest BCUT2D eigenvalue weighted by atomic mass is 19.4. The van der Waals surface area contributed by atoms with E-state index in [-0.39, 0.29) is 11.9 Å². The monoisotopic (exact) mass is 227 g/mol. The van der Waals surface area contributed by atoms with Crippen LogP contribution >= 0.6 is 0 Å². The second-order valence-electron chi connectivity index (χ2n) is 3.61. The van der Waals surface area contributed by atoms with Crippen LogP contribution in [0.4, 0.5) is 13.2 Å². The van der Waals surface area contributed by atoms with Gasteiger partial charge in [-0.2, -0.15) is 18.4 Å². The first kappa shape index (κ1) is 10.8. The fourth-order valence-corrected chi connectivity index (χ4v) is 1.38. The van der Waals surface area contributed by atoms with E-state index in [1.807, 2.05) is 0 Å². The molecule has 1 aromatic rings. The average molecular weight is 227 g/mol. The van der Waals surface area contributed by atoms with Gasteiger partial charge in [-0.15, -0.1) is 0 Å². The molecule has 5 heteroatoms. The summed E-state index contributed by atoms with van der Waals surface area (Å²) in [5.41, 5.74) is -1.37. The van der Waals surface area contributed by atoms with Crippen molar-refractivity contribution in [3.8, 4) is 11.8 Å². The predicted molar refractivity (Wildman–Crippen MR) is 49.8 cm³/mol. The molecule has 0 atom stereocenters. The number of ether oxygens (including phenoxy) is 1. The minimum atomic E-state index is -4.56. The van der Waals surface area contributed by atoms with Gasteiger partial charge in [0.1, 0.15) is 11.3 Å². The Morgan fingerprint density at radius 1 is 1.31 bits per heavy atom. The number of rotatable bonds is 2. The summed E-state index contributed by atoms with van der Waals surface area (Å²) in [7, 11) is 0. The van der Waals surface area contributed by atoms with Gasteiger partial charge in [0.15, 0.2) is 0 Å². The number of hydrogen-bond donors (Lipinski definition) is 0. The molecule has 2 nitrogen and oxygen atoms in total. The molecule has 0 aliphatic heterocycles. The maximum Gasteiger partial charge on any atom is 0.421 e. The molecule has 1 aliphatic carbocycles. The van der Waals surface area contributed by atoms with Gasteiger partial charge in [0.05, 0.1) is 17.7 Å². The van der Waals surface area contributed by atoms with Crippen LogP contribution < -0.4 is 4.74 Å². The molecule has 0 spiro atoms. The molecule has 0 saturated heterocycles. The van der Waals surface area contributed by atoms with Gasteiger partial charge in [-0.3, -0.25) is 0 Å². The van der Waals surface area contributed by atoms with Gasteiger partial charge < -0.3 is 4.74 Å². The third-order valence-corrected chi connectivity index (χ3v) is 2.25. The largest absolute Gasteiger partial charge is 0.490 e. The van der Waals surface area contributed by atoms with E-state index < -0.39 is 17.3 Å². The Bertz CT molecular complexity index is 444. The number of alkyl halides is 3. The van der Waals surface area contributed by atoms with Gasteiger partial charge >= 0.3 is 6.18 Å². The van der Waals surface area contributed by atoms with E-state index in [1.54, 1.807) is 0 Å². The van der Waals surface area contributed by atoms with Crippen LogP contribution in [0.15, 0.2) is 18.2 Å². The van der Waals surface area contributed by atoms with Gasteiger partial charge in [0, 0.05) is 0 Å². The smallest absolute Gasteiger partial charge is 0.421 e. The van der Waals surface area contributed by atoms with E-state index in [1.165, 1.54) is 18.2 Å². The van der Waals surface area contributed by atoms with Gasteiger partial charge in [-0.1, -0.05) is 6.07 Å². The fourth-order valence-electron chi connectivity index (χ4n) is 1.38. The fraction of sp³-hybridized carbons (Fsp3) is 0.364. The van der Waals surface area contributed by atoms with Crippen molar-refractivity contribution in [2.75, 3.05) is 0 Å². The van der Waals surface area contributed by atoms with Gasteiger partial charge in [-0.25, -0.2) is 0 Å². The molecule has 0 amide bonds. The lowest BCUT2D eigenvalue weighted by Crippen LogP contribution is -2.11. The first-order valence-electron chi connectivity index (χ1n) is 4.79. The second kappa shape index (κ2) is 3.71. The molecule has 0 N–H and O–H groups in total. The lowest BCUT2D eigenvalue weighted by molar-refractivity contribution is -0.139. The maximum absolute atomic E-state index is 12.7. The zero-order valence-electron chi connectivity index (χ0n) is 8.21. The lowest BCUT2D eigenvalue weighted by Gasteiger charge is -2.14. The molecule has 1 fully saturated rings. The van der Waals surface area contributed by atoms with Crippen LogP contribution in [-0.4, -0.2) is 6.10 Å². The van der Waals surface area contributed by atoms with Crippen molar-refractivity contribution in [2.45, 2.75) is 25.1 Å². The van der Waals surface area contributed by atoms with E-state index in [2.05, 4.69) is 0 Å². The SMILES string of the molecule is N#Cc1cccc(OC2CC2)c1C(F)(F)F. The van der Waals surface area contributed by atoms with Crippen molar-refractivity contribution in [1.29, 1.82) is 5.26 Å². The minimum absolute atomic E-state index is 0.130. The Labute approximate surface area is 90.3 Å². The molecule has 0 radical (unpaired) electrons. The zero-order valence-corrected chi connectivity index (χ0v) is 8.21. The first-order chi connectivity index (χ1) is 7.52. The highest BCUT2D eigenvalue weighted by Crippen LogP contribution is 2.40. The van der Waals surface area contributed by atoms with Crippen LogP contribution in [0.1, 0.15) is 24.0 Å². The molecule has 16 heavy (non-hydrogen) atoms. The summed E-state index contributed by atoms with van der Waals surface area (Å²) in [4.78, 5) is 0. The molecule has 0 heterocycles. The lowest BCUT2D eigenvalue weighted by atomic mass is 10.1. The molecular formula is C11H8F3NO. The molecule has 1 aromatic carbocycles. The van der Waals surface area contributed by atoms with E-state index in [4.69, 9.17) is 10.00 Å². The van der Waals surface area contributed by atoms with E-state index in [0.717, 1.165) is 18.9 Å². The van der Waals surface area contributed by atoms with Crippen LogP contribution in [0.2, 0.25) is 0 Å². The third kappa shape index (κ3) is 2.11. The normalized spacial score (nSPS) is 15.6. The summed E-state index contributed by atoms with van der Waals surface area (Å²) in [6.45, 7) is 0. The molecule has 2 rings (SSSR count). The van der Waals surface area contributed by atoms with Crippen molar-refractivity contribution in [2.24, 2.45) is 0 Å². The Morgan fingerprint density at radius 3 is 2.50 bits per heavy atom. The van der Waals surface area contributed by atoms with Crippen molar-refractivity contribution in [3.05, 3.63) is 29.3 Å². The summed E-state index contributed by atoms with van der Waals surface area (Å²) in [6.07, 6.45) is -3.14. The first-order valence-corrected chi connectivity index (χ1v) is 4.79. The summed E-state index contributed by atoms with van der Waals surface area (Å²) >= 11 is 0. The van der Waals surface area contributed by atoms with Crippen LogP contribution in [-0.2, 0) is 6.18 Å². The number of hydrogen-bond acceptors (Lipinski definition) is 2. The third-order valence-electron chi connectivity index (χ3n) is 2.25. The van der Waals surface area contributed by atoms with Crippen molar-refractivity contribution in [3.63, 3.8) is 0 Å².